The molecule has 0 bridgehead atoms. The zero-order valence-electron chi connectivity index (χ0n) is 20.8. The maximum absolute atomic E-state index is 15.2. The summed E-state index contributed by atoms with van der Waals surface area (Å²) >= 11 is 0. The van der Waals surface area contributed by atoms with Gasteiger partial charge in [-0.2, -0.15) is 0 Å². The van der Waals surface area contributed by atoms with Crippen molar-refractivity contribution in [1.29, 1.82) is 5.41 Å². The average molecular weight is 550 g/mol. The molecule has 0 saturated heterocycles. The molecule has 0 aromatic heterocycles. The van der Waals surface area contributed by atoms with Crippen LogP contribution < -0.4 is 16.5 Å². The Morgan fingerprint density at radius 2 is 1.56 bits per heavy atom. The van der Waals surface area contributed by atoms with Crippen LogP contribution >= 0.6 is 0 Å². The number of halogens is 2. The molecule has 0 atom stereocenters. The molecule has 4 rings (SSSR count). The summed E-state index contributed by atoms with van der Waals surface area (Å²) in [7, 11) is -3.67. The Hall–Kier alpha value is -4.77. The predicted molar refractivity (Wildman–Crippen MR) is 147 cm³/mol. The number of amides is 2. The van der Waals surface area contributed by atoms with Crippen molar-refractivity contribution in [1.82, 2.24) is 5.01 Å². The summed E-state index contributed by atoms with van der Waals surface area (Å²) in [6, 6.07) is 22.4. The number of amidine groups is 1. The quantitative estimate of drug-likeness (QED) is 0.133. The summed E-state index contributed by atoms with van der Waals surface area (Å²) in [6.07, 6.45) is 1.01. The topological polar surface area (TPSA) is 128 Å². The fraction of sp³-hybridized carbons (Fsp3) is 0.0714. The Bertz CT molecular complexity index is 1620. The van der Waals surface area contributed by atoms with Crippen LogP contribution in [0.3, 0.4) is 0 Å². The van der Waals surface area contributed by atoms with Gasteiger partial charge in [0, 0.05) is 17.4 Å². The fourth-order valence-electron chi connectivity index (χ4n) is 3.89. The third kappa shape index (κ3) is 6.57. The highest BCUT2D eigenvalue weighted by Gasteiger charge is 2.22. The zero-order chi connectivity index (χ0) is 28.2. The summed E-state index contributed by atoms with van der Waals surface area (Å²) in [5.41, 5.74) is 9.48. The average Bonchev–Trinajstić information content (AvgIpc) is 2.90. The van der Waals surface area contributed by atoms with E-state index in [2.05, 4.69) is 10.7 Å². The minimum Gasteiger partial charge on any atom is -0.384 e. The number of anilines is 2. The van der Waals surface area contributed by atoms with Crippen LogP contribution in [0.4, 0.5) is 25.0 Å². The molecule has 2 amide bonds. The monoisotopic (exact) mass is 549 g/mol. The van der Waals surface area contributed by atoms with Gasteiger partial charge in [-0.05, 0) is 41.5 Å². The van der Waals surface area contributed by atoms with Gasteiger partial charge in [0.25, 0.3) is 0 Å². The van der Waals surface area contributed by atoms with Gasteiger partial charge in [-0.15, -0.1) is 0 Å². The second-order valence-corrected chi connectivity index (χ2v) is 10.7. The third-order valence-electron chi connectivity index (χ3n) is 5.74. The van der Waals surface area contributed by atoms with Crippen molar-refractivity contribution >= 4 is 33.1 Å². The number of urea groups is 1. The second-order valence-electron chi connectivity index (χ2n) is 8.69. The Balaban J connectivity index is 1.65. The van der Waals surface area contributed by atoms with Crippen molar-refractivity contribution in [3.05, 3.63) is 114 Å². The van der Waals surface area contributed by atoms with Crippen LogP contribution in [0.5, 0.6) is 0 Å². The number of nitrogens with two attached hydrogens (primary N) is 1. The number of sulfone groups is 1. The van der Waals surface area contributed by atoms with Crippen molar-refractivity contribution in [3.63, 3.8) is 0 Å². The normalized spacial score (nSPS) is 11.1. The number of nitrogens with zero attached hydrogens (tertiary/aromatic N) is 1. The lowest BCUT2D eigenvalue weighted by Gasteiger charge is -2.25. The van der Waals surface area contributed by atoms with E-state index in [-0.39, 0.29) is 28.4 Å². The molecule has 4 aromatic rings. The van der Waals surface area contributed by atoms with Crippen molar-refractivity contribution in [3.8, 4) is 11.1 Å². The number of carbonyl (C=O) groups excluding carboxylic acids is 1. The molecule has 0 aliphatic carbocycles. The number of carbonyl (C=O) groups is 1. The van der Waals surface area contributed by atoms with E-state index in [0.717, 1.165) is 29.0 Å². The van der Waals surface area contributed by atoms with Crippen molar-refractivity contribution in [2.45, 2.75) is 11.4 Å². The summed E-state index contributed by atoms with van der Waals surface area (Å²) in [5.74, 6) is -2.33. The van der Waals surface area contributed by atoms with Crippen molar-refractivity contribution in [2.24, 2.45) is 5.73 Å². The van der Waals surface area contributed by atoms with E-state index >= 15 is 8.78 Å². The lowest BCUT2D eigenvalue weighted by molar-refractivity contribution is 0.219. The van der Waals surface area contributed by atoms with Gasteiger partial charge in [0.1, 0.15) is 23.2 Å². The Labute approximate surface area is 224 Å². The van der Waals surface area contributed by atoms with Crippen molar-refractivity contribution < 1.29 is 22.0 Å². The van der Waals surface area contributed by atoms with Crippen LogP contribution in [-0.2, 0) is 16.4 Å². The lowest BCUT2D eigenvalue weighted by atomic mass is 10.0. The highest BCUT2D eigenvalue weighted by Crippen LogP contribution is 2.32. The first-order valence-electron chi connectivity index (χ1n) is 11.6. The molecule has 0 radical (unpaired) electrons. The first-order chi connectivity index (χ1) is 18.5. The summed E-state index contributed by atoms with van der Waals surface area (Å²) in [5, 5.41) is 11.0. The Morgan fingerprint density at radius 1 is 0.923 bits per heavy atom. The van der Waals surface area contributed by atoms with Gasteiger partial charge < -0.3 is 11.1 Å². The van der Waals surface area contributed by atoms with Crippen LogP contribution in [-0.4, -0.2) is 31.5 Å². The number of nitrogens with one attached hydrogen (secondary N) is 3. The van der Waals surface area contributed by atoms with Gasteiger partial charge in [0.2, 0.25) is 0 Å². The molecule has 200 valence electrons. The van der Waals surface area contributed by atoms with E-state index in [0.29, 0.717) is 11.3 Å². The molecular formula is C28H25F2N5O3S. The van der Waals surface area contributed by atoms with Crippen LogP contribution in [0.15, 0.2) is 95.9 Å². The number of rotatable bonds is 8. The predicted octanol–water partition coefficient (Wildman–Crippen LogP) is 5.38. The summed E-state index contributed by atoms with van der Waals surface area (Å²) in [6.45, 7) is 0.0278. The first-order valence-corrected chi connectivity index (χ1v) is 13.5. The highest BCUT2D eigenvalue weighted by molar-refractivity contribution is 7.90. The number of hydrogen-bond donors (Lipinski definition) is 4. The number of hydrazine groups is 1. The van der Waals surface area contributed by atoms with Gasteiger partial charge >= 0.3 is 6.03 Å². The summed E-state index contributed by atoms with van der Waals surface area (Å²) in [4.78, 5) is 13.2. The Morgan fingerprint density at radius 3 is 2.21 bits per heavy atom. The maximum Gasteiger partial charge on any atom is 0.340 e. The zero-order valence-corrected chi connectivity index (χ0v) is 21.6. The molecule has 0 spiro atoms. The van der Waals surface area contributed by atoms with E-state index in [4.69, 9.17) is 11.1 Å². The molecule has 5 N–H and O–H groups in total. The highest BCUT2D eigenvalue weighted by atomic mass is 32.2. The minimum atomic E-state index is -3.67. The van der Waals surface area contributed by atoms with Gasteiger partial charge in [-0.25, -0.2) is 27.0 Å². The van der Waals surface area contributed by atoms with Gasteiger partial charge in [-0.1, -0.05) is 60.7 Å². The van der Waals surface area contributed by atoms with E-state index in [9.17, 15) is 13.2 Å². The minimum absolute atomic E-state index is 0.00402. The van der Waals surface area contributed by atoms with Gasteiger partial charge in [0.05, 0.1) is 17.1 Å². The van der Waals surface area contributed by atoms with Crippen LogP contribution in [0.1, 0.15) is 11.1 Å². The standard InChI is InChI=1S/C28H25F2N5O3S/c1-39(37,38)25-13-6-5-12-22(25)20-15-23(29)26(24(30)16-20)33-28(36)35(17-18-8-3-2-4-9-18)34-21-11-7-10-19(14-21)27(31)32/h2-16,34H,17H2,1H3,(H3,31,32)(H,33,36). The molecule has 4 aromatic carbocycles. The summed E-state index contributed by atoms with van der Waals surface area (Å²) < 4.78 is 54.7. The van der Waals surface area contributed by atoms with E-state index in [1.54, 1.807) is 54.6 Å². The molecule has 0 fully saturated rings. The lowest BCUT2D eigenvalue weighted by Crippen LogP contribution is -2.39. The number of nitrogen functional groups attached to an aromatic ring is 1. The molecule has 0 aliphatic heterocycles. The molecular weight excluding hydrogens is 524 g/mol. The second kappa shape index (κ2) is 11.3. The van der Waals surface area contributed by atoms with Crippen LogP contribution in [0.2, 0.25) is 0 Å². The Kier molecular flexibility index (Phi) is 7.91. The van der Waals surface area contributed by atoms with E-state index in [1.807, 2.05) is 6.07 Å². The van der Waals surface area contributed by atoms with Crippen LogP contribution in [0, 0.1) is 17.0 Å². The molecule has 0 unspecified atom stereocenters. The smallest absolute Gasteiger partial charge is 0.340 e. The number of hydrogen-bond acceptors (Lipinski definition) is 5. The van der Waals surface area contributed by atoms with Gasteiger partial charge in [0.15, 0.2) is 9.84 Å². The largest absolute Gasteiger partial charge is 0.384 e. The number of benzene rings is 4. The maximum atomic E-state index is 15.2. The first kappa shape index (κ1) is 27.3. The molecule has 39 heavy (non-hydrogen) atoms. The van der Waals surface area contributed by atoms with Crippen molar-refractivity contribution in [2.75, 3.05) is 17.0 Å². The fourth-order valence-corrected chi connectivity index (χ4v) is 4.80. The molecule has 0 aliphatic rings. The molecule has 0 heterocycles. The van der Waals surface area contributed by atoms with E-state index in [1.165, 1.54) is 18.2 Å². The molecule has 0 saturated carbocycles. The van der Waals surface area contributed by atoms with E-state index < -0.39 is 33.2 Å². The van der Waals surface area contributed by atoms with Crippen LogP contribution in [0.25, 0.3) is 11.1 Å². The third-order valence-corrected chi connectivity index (χ3v) is 6.89. The molecule has 11 heteroatoms. The SMILES string of the molecule is CS(=O)(=O)c1ccccc1-c1cc(F)c(NC(=O)N(Cc2ccccc2)Nc2cccc(C(=N)N)c2)c(F)c1. The van der Waals surface area contributed by atoms with Gasteiger partial charge in [-0.3, -0.25) is 10.8 Å². The molecule has 8 nitrogen and oxygen atoms in total.